The summed E-state index contributed by atoms with van der Waals surface area (Å²) in [6.07, 6.45) is 0.632. The normalized spacial score (nSPS) is 16.1. The molecule has 1 atom stereocenters. The second-order valence-corrected chi connectivity index (χ2v) is 8.64. The monoisotopic (exact) mass is 443 g/mol. The molecule has 1 aliphatic heterocycles. The van der Waals surface area contributed by atoms with E-state index in [0.29, 0.717) is 24.4 Å². The van der Waals surface area contributed by atoms with Crippen molar-refractivity contribution in [3.63, 3.8) is 0 Å². The van der Waals surface area contributed by atoms with Gasteiger partial charge in [0.25, 0.3) is 0 Å². The summed E-state index contributed by atoms with van der Waals surface area (Å²) in [6.45, 7) is 3.26. The predicted octanol–water partition coefficient (Wildman–Crippen LogP) is 5.03. The van der Waals surface area contributed by atoms with Crippen molar-refractivity contribution in [1.29, 1.82) is 0 Å². The molecule has 0 fully saturated rings. The minimum atomic E-state index is -0.349. The number of fused-ring (bicyclic) bond motifs is 2. The number of imidazole rings is 1. The van der Waals surface area contributed by atoms with Crippen molar-refractivity contribution in [1.82, 2.24) is 14.0 Å². The number of para-hydroxylation sites is 2. The van der Waals surface area contributed by atoms with Crippen LogP contribution in [0.25, 0.3) is 16.7 Å². The van der Waals surface area contributed by atoms with E-state index in [-0.39, 0.29) is 12.0 Å². The maximum atomic E-state index is 12.7. The Labute approximate surface area is 192 Å². The van der Waals surface area contributed by atoms with Crippen LogP contribution in [-0.4, -0.2) is 33.2 Å². The summed E-state index contributed by atoms with van der Waals surface area (Å²) in [4.78, 5) is 14.8. The summed E-state index contributed by atoms with van der Waals surface area (Å²) < 4.78 is 10.1. The van der Waals surface area contributed by atoms with Gasteiger partial charge in [-0.15, -0.1) is 0 Å². The number of methoxy groups -OCH3 is 1. The number of hydrogen-bond acceptors (Lipinski definition) is 4. The minimum Gasteiger partial charge on any atom is -0.468 e. The van der Waals surface area contributed by atoms with Crippen LogP contribution in [0.5, 0.6) is 0 Å². The molecule has 3 aromatic carbocycles. The molecule has 0 amide bonds. The zero-order valence-electron chi connectivity index (χ0n) is 18.2. The van der Waals surface area contributed by atoms with Gasteiger partial charge in [0.2, 0.25) is 0 Å². The van der Waals surface area contributed by atoms with Crippen LogP contribution < -0.4 is 0 Å². The van der Waals surface area contributed by atoms with Crippen LogP contribution in [-0.2, 0) is 29.2 Å². The Bertz CT molecular complexity index is 1370. The lowest BCUT2D eigenvalue weighted by Crippen LogP contribution is -2.46. The molecular formula is C26H25N3O2S. The van der Waals surface area contributed by atoms with E-state index in [1.54, 1.807) is 0 Å². The number of hydrogen-bond donors (Lipinski definition) is 0. The fourth-order valence-corrected chi connectivity index (χ4v) is 5.00. The Balaban J connectivity index is 1.62. The molecule has 0 unspecified atom stereocenters. The van der Waals surface area contributed by atoms with Gasteiger partial charge in [0.15, 0.2) is 4.77 Å². The molecule has 0 spiro atoms. The molecule has 0 saturated heterocycles. The van der Waals surface area contributed by atoms with Crippen LogP contribution in [0, 0.1) is 11.7 Å². The fourth-order valence-electron chi connectivity index (χ4n) is 4.64. The third-order valence-corrected chi connectivity index (χ3v) is 6.64. The summed E-state index contributed by atoms with van der Waals surface area (Å²) in [5.41, 5.74) is 6.75. The molecule has 6 heteroatoms. The third-order valence-electron chi connectivity index (χ3n) is 6.24. The number of rotatable bonds is 4. The van der Waals surface area contributed by atoms with Gasteiger partial charge in [-0.1, -0.05) is 48.5 Å². The lowest BCUT2D eigenvalue weighted by molar-refractivity contribution is -0.148. The number of carbonyl (C=O) groups is 1. The zero-order chi connectivity index (χ0) is 22.2. The summed E-state index contributed by atoms with van der Waals surface area (Å²) in [5.74, 6) is -0.214. The van der Waals surface area contributed by atoms with Crippen molar-refractivity contribution >= 4 is 29.2 Å². The van der Waals surface area contributed by atoms with Gasteiger partial charge < -0.3 is 9.30 Å². The quantitative estimate of drug-likeness (QED) is 0.328. The number of esters is 1. The van der Waals surface area contributed by atoms with Crippen LogP contribution in [0.3, 0.4) is 0 Å². The first-order valence-corrected chi connectivity index (χ1v) is 11.1. The van der Waals surface area contributed by atoms with Crippen molar-refractivity contribution in [2.75, 3.05) is 7.11 Å². The number of aryl methyl sites for hydroxylation is 1. The maximum absolute atomic E-state index is 12.7. The van der Waals surface area contributed by atoms with E-state index >= 15 is 0 Å². The molecule has 0 radical (unpaired) electrons. The fraction of sp³-hybridized carbons (Fsp3) is 0.231. The highest BCUT2D eigenvalue weighted by molar-refractivity contribution is 7.71. The second kappa shape index (κ2) is 8.37. The van der Waals surface area contributed by atoms with E-state index < -0.39 is 0 Å². The van der Waals surface area contributed by atoms with Crippen molar-refractivity contribution < 1.29 is 9.53 Å². The molecular weight excluding hydrogens is 418 g/mol. The molecule has 0 N–H and O–H groups in total. The lowest BCUT2D eigenvalue weighted by atomic mass is 9.94. The molecule has 4 aromatic rings. The zero-order valence-corrected chi connectivity index (χ0v) is 19.0. The Morgan fingerprint density at radius 3 is 2.47 bits per heavy atom. The van der Waals surface area contributed by atoms with E-state index in [1.165, 1.54) is 23.8 Å². The van der Waals surface area contributed by atoms with E-state index in [9.17, 15) is 4.79 Å². The minimum absolute atomic E-state index is 0.214. The summed E-state index contributed by atoms with van der Waals surface area (Å²) in [5, 5.41) is 0. The van der Waals surface area contributed by atoms with Crippen LogP contribution in [0.2, 0.25) is 0 Å². The highest BCUT2D eigenvalue weighted by Gasteiger charge is 2.33. The van der Waals surface area contributed by atoms with Crippen LogP contribution >= 0.6 is 12.2 Å². The number of ether oxygens (including phenoxy) is 1. The Morgan fingerprint density at radius 2 is 1.72 bits per heavy atom. The van der Waals surface area contributed by atoms with Gasteiger partial charge >= 0.3 is 5.97 Å². The van der Waals surface area contributed by atoms with Crippen molar-refractivity contribution in [3.8, 4) is 5.69 Å². The molecule has 1 aliphatic rings. The van der Waals surface area contributed by atoms with Gasteiger partial charge in [0.05, 0.1) is 24.8 Å². The first-order valence-electron chi connectivity index (χ1n) is 10.7. The average molecular weight is 444 g/mol. The van der Waals surface area contributed by atoms with E-state index in [1.807, 2.05) is 30.3 Å². The Hall–Kier alpha value is -3.22. The molecule has 5 nitrogen and oxygen atoms in total. The number of benzene rings is 3. The molecule has 0 saturated carbocycles. The molecule has 32 heavy (non-hydrogen) atoms. The van der Waals surface area contributed by atoms with Gasteiger partial charge in [0.1, 0.15) is 6.04 Å². The van der Waals surface area contributed by atoms with Crippen LogP contribution in [0.1, 0.15) is 16.7 Å². The standard InChI is InChI=1S/C26H25N3O2S/c1-18-8-7-11-21(14-18)29-23-13-6-5-12-22(23)28(26(29)32)17-27-16-20-10-4-3-9-19(20)15-24(27)25(30)31-2/h3-14,24H,15-17H2,1-2H3/t24-/m1/s1. The van der Waals surface area contributed by atoms with E-state index in [4.69, 9.17) is 17.0 Å². The topological polar surface area (TPSA) is 39.4 Å². The summed E-state index contributed by atoms with van der Waals surface area (Å²) in [7, 11) is 1.45. The summed E-state index contributed by atoms with van der Waals surface area (Å²) >= 11 is 5.98. The highest BCUT2D eigenvalue weighted by atomic mass is 32.1. The number of aromatic nitrogens is 2. The smallest absolute Gasteiger partial charge is 0.323 e. The van der Waals surface area contributed by atoms with Gasteiger partial charge in [-0.05, 0) is 66.5 Å². The highest BCUT2D eigenvalue weighted by Crippen LogP contribution is 2.28. The molecule has 162 valence electrons. The second-order valence-electron chi connectivity index (χ2n) is 8.27. The molecule has 1 aromatic heterocycles. The molecule has 0 bridgehead atoms. The van der Waals surface area contributed by atoms with Crippen molar-refractivity contribution in [2.24, 2.45) is 0 Å². The van der Waals surface area contributed by atoms with Crippen LogP contribution in [0.15, 0.2) is 72.8 Å². The van der Waals surface area contributed by atoms with Crippen molar-refractivity contribution in [3.05, 3.63) is 94.3 Å². The van der Waals surface area contributed by atoms with Gasteiger partial charge in [-0.2, -0.15) is 0 Å². The molecule has 5 rings (SSSR count). The van der Waals surface area contributed by atoms with E-state index in [0.717, 1.165) is 16.7 Å². The Morgan fingerprint density at radius 1 is 1.00 bits per heavy atom. The number of carbonyl (C=O) groups excluding carboxylic acids is 1. The molecule has 0 aliphatic carbocycles. The SMILES string of the molecule is COC(=O)[C@H]1Cc2ccccc2CN1Cn1c(=S)n(-c2cccc(C)c2)c2ccccc21. The Kier molecular flexibility index (Phi) is 5.41. The average Bonchev–Trinajstić information content (AvgIpc) is 3.09. The lowest BCUT2D eigenvalue weighted by Gasteiger charge is -2.35. The predicted molar refractivity (Wildman–Crippen MR) is 128 cm³/mol. The van der Waals surface area contributed by atoms with Gasteiger partial charge in [-0.25, -0.2) is 0 Å². The third kappa shape index (κ3) is 3.55. The van der Waals surface area contributed by atoms with Gasteiger partial charge in [0, 0.05) is 12.2 Å². The molecule has 2 heterocycles. The first kappa shape index (κ1) is 20.7. The first-order chi connectivity index (χ1) is 15.6. The van der Waals surface area contributed by atoms with E-state index in [2.05, 4.69) is 63.4 Å². The van der Waals surface area contributed by atoms with Crippen molar-refractivity contribution in [2.45, 2.75) is 32.6 Å². The summed E-state index contributed by atoms with van der Waals surface area (Å²) in [6, 6.07) is 24.5. The maximum Gasteiger partial charge on any atom is 0.323 e. The number of nitrogens with zero attached hydrogens (tertiary/aromatic N) is 3. The largest absolute Gasteiger partial charge is 0.468 e. The van der Waals surface area contributed by atoms with Crippen LogP contribution in [0.4, 0.5) is 0 Å². The van der Waals surface area contributed by atoms with Gasteiger partial charge in [-0.3, -0.25) is 14.3 Å².